The maximum Gasteiger partial charge on any atom is 0.239 e. The molecule has 0 fully saturated rings. The van der Waals surface area contributed by atoms with E-state index in [1.807, 2.05) is 26.0 Å². The third-order valence-corrected chi connectivity index (χ3v) is 4.28. The minimum Gasteiger partial charge on any atom is -0.434 e. The van der Waals surface area contributed by atoms with E-state index in [2.05, 4.69) is 26.1 Å². The average Bonchev–Trinajstić information content (AvgIpc) is 2.44. The van der Waals surface area contributed by atoms with E-state index in [1.165, 1.54) is 0 Å². The Hall–Kier alpha value is -0.550. The zero-order valence-electron chi connectivity index (χ0n) is 12.0. The van der Waals surface area contributed by atoms with Gasteiger partial charge < -0.3 is 4.74 Å². The van der Waals surface area contributed by atoms with Gasteiger partial charge in [-0.15, -0.1) is 10.2 Å². The molecule has 2 rings (SSSR count). The normalized spacial score (nSPS) is 11.0. The second-order valence-corrected chi connectivity index (χ2v) is 6.98. The van der Waals surface area contributed by atoms with Gasteiger partial charge in [-0.05, 0) is 35.6 Å². The molecule has 0 radical (unpaired) electrons. The molecule has 7 heteroatoms. The summed E-state index contributed by atoms with van der Waals surface area (Å²) >= 11 is 21.9. The van der Waals surface area contributed by atoms with Crippen molar-refractivity contribution in [2.24, 2.45) is 0 Å². The average molecular weight is 425 g/mol. The third-order valence-electron chi connectivity index (χ3n) is 3.02. The van der Waals surface area contributed by atoms with Crippen LogP contribution in [-0.4, -0.2) is 15.5 Å². The molecule has 0 spiro atoms. The van der Waals surface area contributed by atoms with E-state index in [1.54, 1.807) is 6.07 Å². The Kier molecular flexibility index (Phi) is 6.33. The smallest absolute Gasteiger partial charge is 0.239 e. The Morgan fingerprint density at radius 3 is 2.27 bits per heavy atom. The summed E-state index contributed by atoms with van der Waals surface area (Å²) in [5.41, 5.74) is 1.89. The standard InChI is InChI=1S/C15H14BrCl3N2O/c1-8(2)10-7-13(20-21-15(10)19)22-14-11(17)5-9(3-4-16)6-12(14)18/h5-8H,3-4H2,1-2H3. The van der Waals surface area contributed by atoms with E-state index < -0.39 is 0 Å². The maximum absolute atomic E-state index is 6.25. The van der Waals surface area contributed by atoms with Gasteiger partial charge in [0.25, 0.3) is 0 Å². The van der Waals surface area contributed by atoms with Crippen LogP contribution in [-0.2, 0) is 6.42 Å². The topological polar surface area (TPSA) is 35.0 Å². The van der Waals surface area contributed by atoms with Crippen molar-refractivity contribution in [3.63, 3.8) is 0 Å². The maximum atomic E-state index is 6.25. The highest BCUT2D eigenvalue weighted by atomic mass is 79.9. The number of nitrogens with zero attached hydrogens (tertiary/aromatic N) is 2. The highest BCUT2D eigenvalue weighted by Crippen LogP contribution is 2.37. The molecule has 0 N–H and O–H groups in total. The Morgan fingerprint density at radius 1 is 1.09 bits per heavy atom. The largest absolute Gasteiger partial charge is 0.434 e. The number of hydrogen-bond acceptors (Lipinski definition) is 3. The number of aromatic nitrogens is 2. The molecule has 0 aliphatic heterocycles. The SMILES string of the molecule is CC(C)c1cc(Oc2c(Cl)cc(CCBr)cc2Cl)nnc1Cl. The minimum absolute atomic E-state index is 0.206. The van der Waals surface area contributed by atoms with Crippen molar-refractivity contribution in [3.05, 3.63) is 44.5 Å². The fraction of sp³-hybridized carbons (Fsp3) is 0.333. The van der Waals surface area contributed by atoms with Gasteiger partial charge in [0.05, 0.1) is 10.0 Å². The van der Waals surface area contributed by atoms with Gasteiger partial charge in [-0.2, -0.15) is 0 Å². The Bertz CT molecular complexity index is 657. The predicted molar refractivity (Wildman–Crippen MR) is 95.2 cm³/mol. The molecule has 0 aliphatic carbocycles. The zero-order valence-corrected chi connectivity index (χ0v) is 15.9. The number of aryl methyl sites for hydroxylation is 1. The molecule has 0 bridgehead atoms. The van der Waals surface area contributed by atoms with Crippen LogP contribution in [0.5, 0.6) is 11.6 Å². The highest BCUT2D eigenvalue weighted by Gasteiger charge is 2.14. The van der Waals surface area contributed by atoms with Crippen LogP contribution in [0.4, 0.5) is 0 Å². The minimum atomic E-state index is 0.206. The predicted octanol–water partition coefficient (Wildman–Crippen LogP) is 6.29. The fourth-order valence-corrected chi connectivity index (χ4v) is 3.27. The summed E-state index contributed by atoms with van der Waals surface area (Å²) in [6, 6.07) is 5.41. The van der Waals surface area contributed by atoms with Gasteiger partial charge in [0.1, 0.15) is 0 Å². The lowest BCUT2D eigenvalue weighted by Crippen LogP contribution is -1.98. The van der Waals surface area contributed by atoms with Crippen LogP contribution in [0, 0.1) is 0 Å². The molecule has 0 unspecified atom stereocenters. The molecule has 1 heterocycles. The summed E-state index contributed by atoms with van der Waals surface area (Å²) in [4.78, 5) is 0. The molecule has 0 amide bonds. The lowest BCUT2D eigenvalue weighted by molar-refractivity contribution is 0.454. The van der Waals surface area contributed by atoms with Gasteiger partial charge in [0.2, 0.25) is 5.88 Å². The monoisotopic (exact) mass is 422 g/mol. The van der Waals surface area contributed by atoms with Crippen molar-refractivity contribution < 1.29 is 4.74 Å². The zero-order chi connectivity index (χ0) is 16.3. The van der Waals surface area contributed by atoms with E-state index >= 15 is 0 Å². The van der Waals surface area contributed by atoms with Gasteiger partial charge in [0, 0.05) is 11.4 Å². The highest BCUT2D eigenvalue weighted by molar-refractivity contribution is 9.09. The summed E-state index contributed by atoms with van der Waals surface area (Å²) in [6.07, 6.45) is 0.831. The summed E-state index contributed by atoms with van der Waals surface area (Å²) in [5.74, 6) is 0.885. The van der Waals surface area contributed by atoms with Gasteiger partial charge >= 0.3 is 0 Å². The van der Waals surface area contributed by atoms with Crippen LogP contribution >= 0.6 is 50.7 Å². The summed E-state index contributed by atoms with van der Waals surface area (Å²) in [6.45, 7) is 4.03. The molecule has 118 valence electrons. The van der Waals surface area contributed by atoms with Gasteiger partial charge in [0.15, 0.2) is 10.9 Å². The fourth-order valence-electron chi connectivity index (χ4n) is 1.90. The molecule has 1 aromatic heterocycles. The molecule has 0 atom stereocenters. The van der Waals surface area contributed by atoms with Crippen molar-refractivity contribution in [1.82, 2.24) is 10.2 Å². The second-order valence-electron chi connectivity index (χ2n) is 5.01. The Labute approximate surface area is 153 Å². The summed E-state index contributed by atoms with van der Waals surface area (Å²) < 4.78 is 5.71. The molecule has 22 heavy (non-hydrogen) atoms. The number of halogens is 4. The number of alkyl halides is 1. The molecule has 3 nitrogen and oxygen atoms in total. The number of rotatable bonds is 5. The first-order valence-electron chi connectivity index (χ1n) is 6.67. The second kappa shape index (κ2) is 7.82. The van der Waals surface area contributed by atoms with E-state index in [9.17, 15) is 0 Å². The van der Waals surface area contributed by atoms with Gasteiger partial charge in [-0.1, -0.05) is 64.6 Å². The van der Waals surface area contributed by atoms with E-state index in [0.29, 0.717) is 26.8 Å². The molecule has 2 aromatic rings. The Balaban J connectivity index is 2.33. The van der Waals surface area contributed by atoms with E-state index in [-0.39, 0.29) is 5.92 Å². The van der Waals surface area contributed by atoms with Crippen LogP contribution in [0.2, 0.25) is 15.2 Å². The molecule has 0 saturated carbocycles. The number of hydrogen-bond donors (Lipinski definition) is 0. The van der Waals surface area contributed by atoms with Crippen molar-refractivity contribution in [3.8, 4) is 11.6 Å². The van der Waals surface area contributed by atoms with Crippen molar-refractivity contribution >= 4 is 50.7 Å². The summed E-state index contributed by atoms with van der Waals surface area (Å²) in [5, 5.41) is 9.90. The van der Waals surface area contributed by atoms with E-state index in [0.717, 1.165) is 22.9 Å². The Morgan fingerprint density at radius 2 is 1.73 bits per heavy atom. The van der Waals surface area contributed by atoms with Crippen molar-refractivity contribution in [2.75, 3.05) is 5.33 Å². The van der Waals surface area contributed by atoms with Crippen molar-refractivity contribution in [1.29, 1.82) is 0 Å². The molecular formula is C15H14BrCl3N2O. The third kappa shape index (κ3) is 4.25. The molecule has 0 aliphatic rings. The van der Waals surface area contributed by atoms with Gasteiger partial charge in [-0.3, -0.25) is 0 Å². The van der Waals surface area contributed by atoms with Crippen LogP contribution in [0.15, 0.2) is 18.2 Å². The molecule has 0 saturated heterocycles. The quantitative estimate of drug-likeness (QED) is 0.529. The van der Waals surface area contributed by atoms with Crippen molar-refractivity contribution in [2.45, 2.75) is 26.2 Å². The van der Waals surface area contributed by atoms with Crippen LogP contribution in [0.25, 0.3) is 0 Å². The summed E-state index contributed by atoms with van der Waals surface area (Å²) in [7, 11) is 0. The lowest BCUT2D eigenvalue weighted by atomic mass is 10.1. The molecular weight excluding hydrogens is 410 g/mol. The van der Waals surface area contributed by atoms with Crippen LogP contribution in [0.3, 0.4) is 0 Å². The first-order chi connectivity index (χ1) is 10.4. The first-order valence-corrected chi connectivity index (χ1v) is 8.92. The first kappa shape index (κ1) is 17.8. The number of benzene rings is 1. The van der Waals surface area contributed by atoms with Crippen LogP contribution < -0.4 is 4.74 Å². The van der Waals surface area contributed by atoms with E-state index in [4.69, 9.17) is 39.5 Å². The van der Waals surface area contributed by atoms with Crippen LogP contribution in [0.1, 0.15) is 30.9 Å². The van der Waals surface area contributed by atoms with Gasteiger partial charge in [-0.25, -0.2) is 0 Å². The lowest BCUT2D eigenvalue weighted by Gasteiger charge is -2.12. The number of ether oxygens (including phenoxy) is 1. The molecule has 1 aromatic carbocycles.